The van der Waals surface area contributed by atoms with Crippen molar-refractivity contribution < 1.29 is 9.59 Å². The molecule has 1 unspecified atom stereocenters. The number of rotatable bonds is 7. The maximum Gasteiger partial charge on any atom is 0.136 e. The Morgan fingerprint density at radius 1 is 1.23 bits per heavy atom. The van der Waals surface area contributed by atoms with Crippen LogP contribution in [0.2, 0.25) is 0 Å². The monoisotopic (exact) mass is 184 g/mol. The summed E-state index contributed by atoms with van der Waals surface area (Å²) < 4.78 is 0. The SMILES string of the molecule is CCCCC(C)C(=O)CCC(C)=O. The summed E-state index contributed by atoms with van der Waals surface area (Å²) in [6, 6.07) is 0. The van der Waals surface area contributed by atoms with Crippen LogP contribution >= 0.6 is 0 Å². The second-order valence-electron chi connectivity index (χ2n) is 3.71. The summed E-state index contributed by atoms with van der Waals surface area (Å²) in [6.07, 6.45) is 4.04. The van der Waals surface area contributed by atoms with Gasteiger partial charge in [-0.3, -0.25) is 4.79 Å². The normalized spacial score (nSPS) is 12.5. The molecule has 0 saturated carbocycles. The third-order valence-electron chi connectivity index (χ3n) is 2.26. The van der Waals surface area contributed by atoms with Crippen molar-refractivity contribution in [2.75, 3.05) is 0 Å². The Bertz CT molecular complexity index is 173. The predicted octanol–water partition coefficient (Wildman–Crippen LogP) is 2.75. The van der Waals surface area contributed by atoms with Crippen LogP contribution in [0.25, 0.3) is 0 Å². The van der Waals surface area contributed by atoms with Crippen molar-refractivity contribution in [1.82, 2.24) is 0 Å². The Balaban J connectivity index is 3.63. The lowest BCUT2D eigenvalue weighted by Crippen LogP contribution is -2.11. The summed E-state index contributed by atoms with van der Waals surface area (Å²) in [5, 5.41) is 0. The number of hydrogen-bond donors (Lipinski definition) is 0. The van der Waals surface area contributed by atoms with Gasteiger partial charge in [-0.1, -0.05) is 26.7 Å². The van der Waals surface area contributed by atoms with Crippen LogP contribution < -0.4 is 0 Å². The molecule has 0 rings (SSSR count). The number of Topliss-reactive ketones (excluding diaryl/α,β-unsaturated/α-hetero) is 2. The zero-order valence-corrected chi connectivity index (χ0v) is 8.93. The molecule has 1 atom stereocenters. The Hall–Kier alpha value is -0.660. The number of unbranched alkanes of at least 4 members (excludes halogenated alkanes) is 1. The van der Waals surface area contributed by atoms with Crippen molar-refractivity contribution >= 4 is 11.6 Å². The summed E-state index contributed by atoms with van der Waals surface area (Å²) in [6.45, 7) is 5.61. The van der Waals surface area contributed by atoms with Crippen LogP contribution in [-0.4, -0.2) is 11.6 Å². The molecule has 0 aromatic carbocycles. The minimum Gasteiger partial charge on any atom is -0.300 e. The molecule has 0 aromatic heterocycles. The zero-order valence-electron chi connectivity index (χ0n) is 8.93. The van der Waals surface area contributed by atoms with Gasteiger partial charge in [0.25, 0.3) is 0 Å². The maximum atomic E-state index is 11.4. The fourth-order valence-corrected chi connectivity index (χ4v) is 1.22. The highest BCUT2D eigenvalue weighted by atomic mass is 16.1. The fraction of sp³-hybridized carbons (Fsp3) is 0.818. The third-order valence-corrected chi connectivity index (χ3v) is 2.26. The summed E-state index contributed by atoms with van der Waals surface area (Å²) in [7, 11) is 0. The highest BCUT2D eigenvalue weighted by Crippen LogP contribution is 2.11. The van der Waals surface area contributed by atoms with Crippen molar-refractivity contribution in [1.29, 1.82) is 0 Å². The van der Waals surface area contributed by atoms with Gasteiger partial charge in [-0.2, -0.15) is 0 Å². The van der Waals surface area contributed by atoms with Crippen LogP contribution in [0.5, 0.6) is 0 Å². The van der Waals surface area contributed by atoms with Gasteiger partial charge in [0.05, 0.1) is 0 Å². The van der Waals surface area contributed by atoms with Crippen LogP contribution in [0.15, 0.2) is 0 Å². The second kappa shape index (κ2) is 6.81. The van der Waals surface area contributed by atoms with E-state index in [1.165, 1.54) is 6.92 Å². The molecule has 0 radical (unpaired) electrons. The molecule has 0 aliphatic heterocycles. The van der Waals surface area contributed by atoms with Gasteiger partial charge >= 0.3 is 0 Å². The molecule has 2 heteroatoms. The topological polar surface area (TPSA) is 34.1 Å². The minimum absolute atomic E-state index is 0.107. The number of carbonyl (C=O) groups excluding carboxylic acids is 2. The molecule has 0 amide bonds. The quantitative estimate of drug-likeness (QED) is 0.609. The molecule has 0 bridgehead atoms. The molecule has 0 aliphatic carbocycles. The Labute approximate surface area is 80.7 Å². The van der Waals surface area contributed by atoms with Gasteiger partial charge < -0.3 is 4.79 Å². The molecule has 76 valence electrons. The van der Waals surface area contributed by atoms with E-state index in [1.807, 2.05) is 6.92 Å². The predicted molar refractivity (Wildman–Crippen MR) is 53.6 cm³/mol. The first-order chi connectivity index (χ1) is 6.07. The van der Waals surface area contributed by atoms with E-state index in [0.717, 1.165) is 19.3 Å². The van der Waals surface area contributed by atoms with Crippen LogP contribution in [0.4, 0.5) is 0 Å². The Kier molecular flexibility index (Phi) is 6.47. The highest BCUT2D eigenvalue weighted by Gasteiger charge is 2.12. The lowest BCUT2D eigenvalue weighted by Gasteiger charge is -2.08. The molecule has 0 saturated heterocycles. The van der Waals surface area contributed by atoms with Crippen molar-refractivity contribution in [3.63, 3.8) is 0 Å². The van der Waals surface area contributed by atoms with Crippen LogP contribution in [0.3, 0.4) is 0 Å². The third kappa shape index (κ3) is 6.50. The van der Waals surface area contributed by atoms with Crippen molar-refractivity contribution in [3.8, 4) is 0 Å². The highest BCUT2D eigenvalue weighted by molar-refractivity contribution is 5.86. The van der Waals surface area contributed by atoms with Crippen molar-refractivity contribution in [3.05, 3.63) is 0 Å². The minimum atomic E-state index is 0.107. The van der Waals surface area contributed by atoms with E-state index in [-0.39, 0.29) is 17.5 Å². The largest absolute Gasteiger partial charge is 0.300 e. The Morgan fingerprint density at radius 2 is 1.85 bits per heavy atom. The number of hydrogen-bond acceptors (Lipinski definition) is 2. The van der Waals surface area contributed by atoms with Crippen LogP contribution in [0.1, 0.15) is 52.9 Å². The lowest BCUT2D eigenvalue weighted by atomic mass is 9.96. The first-order valence-electron chi connectivity index (χ1n) is 5.10. The standard InChI is InChI=1S/C11H20O2/c1-4-5-6-9(2)11(13)8-7-10(3)12/h9H,4-8H2,1-3H3. The summed E-state index contributed by atoms with van der Waals surface area (Å²) in [5.74, 6) is 0.485. The maximum absolute atomic E-state index is 11.4. The first kappa shape index (κ1) is 12.3. The van der Waals surface area contributed by atoms with Gasteiger partial charge in [-0.15, -0.1) is 0 Å². The van der Waals surface area contributed by atoms with E-state index in [9.17, 15) is 9.59 Å². The van der Waals surface area contributed by atoms with Gasteiger partial charge in [0.15, 0.2) is 0 Å². The summed E-state index contributed by atoms with van der Waals surface area (Å²) in [5.41, 5.74) is 0. The molecule has 13 heavy (non-hydrogen) atoms. The van der Waals surface area contributed by atoms with E-state index >= 15 is 0 Å². The van der Waals surface area contributed by atoms with Gasteiger partial charge in [-0.25, -0.2) is 0 Å². The molecule has 0 N–H and O–H groups in total. The van der Waals surface area contributed by atoms with E-state index in [4.69, 9.17) is 0 Å². The molecular weight excluding hydrogens is 164 g/mol. The van der Waals surface area contributed by atoms with Crippen molar-refractivity contribution in [2.45, 2.75) is 52.9 Å². The van der Waals surface area contributed by atoms with Gasteiger partial charge in [-0.05, 0) is 13.3 Å². The molecule has 0 heterocycles. The lowest BCUT2D eigenvalue weighted by molar-refractivity contribution is -0.125. The number of ketones is 2. The fourth-order valence-electron chi connectivity index (χ4n) is 1.22. The van der Waals surface area contributed by atoms with Crippen LogP contribution in [0, 0.1) is 5.92 Å². The summed E-state index contributed by atoms with van der Waals surface area (Å²) >= 11 is 0. The molecule has 0 aromatic rings. The molecule has 0 fully saturated rings. The smallest absolute Gasteiger partial charge is 0.136 e. The van der Waals surface area contributed by atoms with Crippen LogP contribution in [-0.2, 0) is 9.59 Å². The number of carbonyl (C=O) groups is 2. The van der Waals surface area contributed by atoms with Crippen molar-refractivity contribution in [2.24, 2.45) is 5.92 Å². The average molecular weight is 184 g/mol. The van der Waals surface area contributed by atoms with E-state index in [1.54, 1.807) is 0 Å². The van der Waals surface area contributed by atoms with E-state index in [2.05, 4.69) is 6.92 Å². The van der Waals surface area contributed by atoms with E-state index in [0.29, 0.717) is 12.8 Å². The van der Waals surface area contributed by atoms with Gasteiger partial charge in [0.1, 0.15) is 11.6 Å². The summed E-state index contributed by atoms with van der Waals surface area (Å²) in [4.78, 5) is 22.0. The molecular formula is C11H20O2. The molecule has 2 nitrogen and oxygen atoms in total. The molecule has 0 aliphatic rings. The molecule has 0 spiro atoms. The van der Waals surface area contributed by atoms with Gasteiger partial charge in [0.2, 0.25) is 0 Å². The van der Waals surface area contributed by atoms with E-state index < -0.39 is 0 Å². The Morgan fingerprint density at radius 3 is 2.31 bits per heavy atom. The zero-order chi connectivity index (χ0) is 10.3. The average Bonchev–Trinajstić information content (AvgIpc) is 2.10. The second-order valence-corrected chi connectivity index (χ2v) is 3.71. The first-order valence-corrected chi connectivity index (χ1v) is 5.10. The van der Waals surface area contributed by atoms with Gasteiger partial charge in [0, 0.05) is 18.8 Å².